The van der Waals surface area contributed by atoms with Crippen molar-refractivity contribution in [2.24, 2.45) is 0 Å². The smallest absolute Gasteiger partial charge is 0.306 e. The standard InChI is InChI=1S/C54H88O6/c1-4-7-10-13-16-19-22-24-26-27-28-30-32-35-38-41-44-47-53(56)59-50-51(49-58-52(55)46-43-40-37-34-31-21-18-15-12-9-6-3)60-54(57)48-45-42-39-36-33-29-25-23-20-17-14-11-8-5-2/h7,9-10,12,16,18-19,21,24,26,28,30,34-35,37-38,51H,4-6,8,11,13-15,17,20,22-23,25,27,29,31-33,36,39-50H2,1-3H3/b10-7-,12-9-,19-16-,21-18-,26-24-,30-28-,37-34-,38-35-. The lowest BCUT2D eigenvalue weighted by molar-refractivity contribution is -0.167. The summed E-state index contributed by atoms with van der Waals surface area (Å²) in [4.78, 5) is 37.8. The molecule has 0 heterocycles. The molecule has 0 aromatic rings. The summed E-state index contributed by atoms with van der Waals surface area (Å²) in [5, 5.41) is 0. The molecule has 0 aromatic carbocycles. The van der Waals surface area contributed by atoms with Gasteiger partial charge in [0, 0.05) is 19.3 Å². The Morgan fingerprint density at radius 3 is 1.00 bits per heavy atom. The molecule has 1 atom stereocenters. The van der Waals surface area contributed by atoms with Gasteiger partial charge in [0.1, 0.15) is 13.2 Å². The Bertz CT molecular complexity index is 1230. The van der Waals surface area contributed by atoms with Gasteiger partial charge in [-0.1, -0.05) is 201 Å². The number of carbonyl (C=O) groups excluding carboxylic acids is 3. The predicted molar refractivity (Wildman–Crippen MR) is 256 cm³/mol. The monoisotopic (exact) mass is 833 g/mol. The fraction of sp³-hybridized carbons (Fsp3) is 0.648. The Kier molecular flexibility index (Phi) is 45.1. The first kappa shape index (κ1) is 56.3. The largest absolute Gasteiger partial charge is 0.462 e. The lowest BCUT2D eigenvalue weighted by Gasteiger charge is -2.18. The Morgan fingerprint density at radius 1 is 0.350 bits per heavy atom. The van der Waals surface area contributed by atoms with Crippen LogP contribution in [0.3, 0.4) is 0 Å². The van der Waals surface area contributed by atoms with Crippen LogP contribution in [-0.4, -0.2) is 37.2 Å². The first-order chi connectivity index (χ1) is 29.5. The highest BCUT2D eigenvalue weighted by Gasteiger charge is 2.19. The maximum absolute atomic E-state index is 12.8. The van der Waals surface area contributed by atoms with Gasteiger partial charge in [0.05, 0.1) is 0 Å². The van der Waals surface area contributed by atoms with Crippen LogP contribution >= 0.6 is 0 Å². The van der Waals surface area contributed by atoms with Gasteiger partial charge in [-0.2, -0.15) is 0 Å². The topological polar surface area (TPSA) is 78.9 Å². The van der Waals surface area contributed by atoms with Crippen LogP contribution in [-0.2, 0) is 28.6 Å². The maximum atomic E-state index is 12.8. The number of esters is 3. The molecule has 0 saturated carbocycles. The molecule has 0 aliphatic heterocycles. The highest BCUT2D eigenvalue weighted by molar-refractivity contribution is 5.71. The second kappa shape index (κ2) is 48.0. The summed E-state index contributed by atoms with van der Waals surface area (Å²) in [5.41, 5.74) is 0. The molecule has 0 radical (unpaired) electrons. The molecule has 0 amide bonds. The van der Waals surface area contributed by atoms with E-state index >= 15 is 0 Å². The van der Waals surface area contributed by atoms with Gasteiger partial charge in [-0.3, -0.25) is 14.4 Å². The van der Waals surface area contributed by atoms with E-state index in [1.807, 2.05) is 0 Å². The molecule has 0 aliphatic carbocycles. The van der Waals surface area contributed by atoms with Crippen LogP contribution in [0.15, 0.2) is 97.2 Å². The van der Waals surface area contributed by atoms with E-state index in [0.29, 0.717) is 19.3 Å². The lowest BCUT2D eigenvalue weighted by atomic mass is 10.0. The van der Waals surface area contributed by atoms with Crippen molar-refractivity contribution in [1.29, 1.82) is 0 Å². The quantitative estimate of drug-likeness (QED) is 0.0264. The molecule has 0 rings (SSSR count). The van der Waals surface area contributed by atoms with E-state index < -0.39 is 6.10 Å². The zero-order valence-corrected chi connectivity index (χ0v) is 38.7. The van der Waals surface area contributed by atoms with E-state index in [2.05, 4.69) is 118 Å². The summed E-state index contributed by atoms with van der Waals surface area (Å²) in [6, 6.07) is 0. The minimum Gasteiger partial charge on any atom is -0.462 e. The van der Waals surface area contributed by atoms with Gasteiger partial charge in [0.15, 0.2) is 6.10 Å². The number of hydrogen-bond acceptors (Lipinski definition) is 6. The third-order valence-corrected chi connectivity index (χ3v) is 9.83. The molecule has 0 fully saturated rings. The number of unbranched alkanes of at least 4 members (excludes halogenated alkanes) is 15. The van der Waals surface area contributed by atoms with Crippen LogP contribution in [0.25, 0.3) is 0 Å². The van der Waals surface area contributed by atoms with Gasteiger partial charge < -0.3 is 14.2 Å². The summed E-state index contributed by atoms with van der Waals surface area (Å²) in [7, 11) is 0. The minimum atomic E-state index is -0.818. The van der Waals surface area contributed by atoms with Gasteiger partial charge in [0.2, 0.25) is 0 Å². The second-order valence-electron chi connectivity index (χ2n) is 15.6. The number of rotatable bonds is 42. The van der Waals surface area contributed by atoms with Gasteiger partial charge in [0.25, 0.3) is 0 Å². The predicted octanol–water partition coefficient (Wildman–Crippen LogP) is 15.8. The van der Waals surface area contributed by atoms with Gasteiger partial charge >= 0.3 is 17.9 Å². The average molecular weight is 833 g/mol. The van der Waals surface area contributed by atoms with E-state index in [0.717, 1.165) is 83.5 Å². The second-order valence-corrected chi connectivity index (χ2v) is 15.6. The van der Waals surface area contributed by atoms with Crippen LogP contribution in [0.5, 0.6) is 0 Å². The molecule has 60 heavy (non-hydrogen) atoms. The third-order valence-electron chi connectivity index (χ3n) is 9.83. The molecule has 0 aliphatic rings. The summed E-state index contributed by atoms with van der Waals surface area (Å²) < 4.78 is 16.6. The Labute approximate surface area is 368 Å². The molecule has 0 spiro atoms. The van der Waals surface area contributed by atoms with Crippen LogP contribution in [0.1, 0.15) is 207 Å². The van der Waals surface area contributed by atoms with Gasteiger partial charge in [-0.25, -0.2) is 0 Å². The molecule has 0 saturated heterocycles. The fourth-order valence-electron chi connectivity index (χ4n) is 6.26. The van der Waals surface area contributed by atoms with Crippen molar-refractivity contribution >= 4 is 17.9 Å². The molecular weight excluding hydrogens is 745 g/mol. The van der Waals surface area contributed by atoms with Crippen LogP contribution in [0.2, 0.25) is 0 Å². The molecule has 0 bridgehead atoms. The van der Waals surface area contributed by atoms with Crippen molar-refractivity contribution in [2.45, 2.75) is 213 Å². The Hall–Kier alpha value is -3.67. The average Bonchev–Trinajstić information content (AvgIpc) is 3.24. The fourth-order valence-corrected chi connectivity index (χ4v) is 6.26. The molecule has 0 aromatic heterocycles. The zero-order chi connectivity index (χ0) is 43.7. The normalized spacial score (nSPS) is 12.9. The highest BCUT2D eigenvalue weighted by Crippen LogP contribution is 2.14. The summed E-state index contributed by atoms with van der Waals surface area (Å²) in [6.07, 6.45) is 62.6. The van der Waals surface area contributed by atoms with Gasteiger partial charge in [-0.15, -0.1) is 0 Å². The van der Waals surface area contributed by atoms with E-state index in [9.17, 15) is 14.4 Å². The highest BCUT2D eigenvalue weighted by atomic mass is 16.6. The molecule has 0 N–H and O–H groups in total. The van der Waals surface area contributed by atoms with E-state index in [-0.39, 0.29) is 44.0 Å². The van der Waals surface area contributed by atoms with Crippen molar-refractivity contribution in [3.8, 4) is 0 Å². The molecule has 6 heteroatoms. The molecule has 1 unspecified atom stereocenters. The maximum Gasteiger partial charge on any atom is 0.306 e. The van der Waals surface area contributed by atoms with Crippen LogP contribution in [0.4, 0.5) is 0 Å². The lowest BCUT2D eigenvalue weighted by Crippen LogP contribution is -2.30. The number of hydrogen-bond donors (Lipinski definition) is 0. The Morgan fingerprint density at radius 2 is 0.650 bits per heavy atom. The first-order valence-corrected chi connectivity index (χ1v) is 24.2. The summed E-state index contributed by atoms with van der Waals surface area (Å²) in [6.45, 7) is 6.29. The van der Waals surface area contributed by atoms with Gasteiger partial charge in [-0.05, 0) is 83.5 Å². The number of carbonyl (C=O) groups is 3. The van der Waals surface area contributed by atoms with Crippen LogP contribution < -0.4 is 0 Å². The summed E-state index contributed by atoms with van der Waals surface area (Å²) >= 11 is 0. The minimum absolute atomic E-state index is 0.121. The first-order valence-electron chi connectivity index (χ1n) is 24.2. The molecule has 6 nitrogen and oxygen atoms in total. The number of ether oxygens (including phenoxy) is 3. The summed E-state index contributed by atoms with van der Waals surface area (Å²) in [5.74, 6) is -1.03. The third kappa shape index (κ3) is 45.4. The van der Waals surface area contributed by atoms with Crippen molar-refractivity contribution in [3.05, 3.63) is 97.2 Å². The van der Waals surface area contributed by atoms with Crippen LogP contribution in [0, 0.1) is 0 Å². The Balaban J connectivity index is 4.52. The van der Waals surface area contributed by atoms with Crippen molar-refractivity contribution in [2.75, 3.05) is 13.2 Å². The molecule has 340 valence electrons. The SMILES string of the molecule is CC/C=C\C/C=C\C/C=C\C/C=C\C/C=C\CCCC(=O)OCC(COC(=O)CCC/C=C\C/C=C\C/C=C\CC)OC(=O)CCCCCCCCCCCCCCCC. The van der Waals surface area contributed by atoms with E-state index in [1.165, 1.54) is 70.6 Å². The zero-order valence-electron chi connectivity index (χ0n) is 38.7. The number of allylic oxidation sites excluding steroid dienone is 16. The van der Waals surface area contributed by atoms with E-state index in [4.69, 9.17) is 14.2 Å². The van der Waals surface area contributed by atoms with Crippen molar-refractivity contribution in [3.63, 3.8) is 0 Å². The molecular formula is C54H88O6. The van der Waals surface area contributed by atoms with Crippen molar-refractivity contribution < 1.29 is 28.6 Å². The van der Waals surface area contributed by atoms with E-state index in [1.54, 1.807) is 0 Å². The van der Waals surface area contributed by atoms with Crippen molar-refractivity contribution in [1.82, 2.24) is 0 Å².